The number of nitrogens with one attached hydrogen (secondary N) is 1. The Labute approximate surface area is 210 Å². The summed E-state index contributed by atoms with van der Waals surface area (Å²) in [6.45, 7) is 2.40. The molecule has 4 rings (SSSR count). The summed E-state index contributed by atoms with van der Waals surface area (Å²) in [5, 5.41) is 7.69. The van der Waals surface area contributed by atoms with Crippen molar-refractivity contribution in [3.05, 3.63) is 102 Å². The zero-order valence-corrected chi connectivity index (χ0v) is 20.7. The van der Waals surface area contributed by atoms with Gasteiger partial charge in [-0.05, 0) is 36.8 Å². The van der Waals surface area contributed by atoms with Crippen molar-refractivity contribution in [2.45, 2.75) is 13.5 Å². The normalized spacial score (nSPS) is 10.7. The molecule has 178 valence electrons. The molecule has 0 unspecified atom stereocenters. The van der Waals surface area contributed by atoms with Gasteiger partial charge >= 0.3 is 0 Å². The third kappa shape index (κ3) is 6.61. The predicted octanol–water partition coefficient (Wildman–Crippen LogP) is 5.18. The van der Waals surface area contributed by atoms with E-state index in [0.29, 0.717) is 6.54 Å². The summed E-state index contributed by atoms with van der Waals surface area (Å²) >= 11 is 1.31. The molecule has 0 spiro atoms. The molecule has 1 heterocycles. The molecule has 1 aromatic heterocycles. The zero-order chi connectivity index (χ0) is 24.6. The van der Waals surface area contributed by atoms with Crippen LogP contribution in [0, 0.1) is 6.92 Å². The van der Waals surface area contributed by atoms with Gasteiger partial charge in [0, 0.05) is 36.6 Å². The van der Waals surface area contributed by atoms with E-state index in [2.05, 4.69) is 5.32 Å². The highest BCUT2D eigenvalue weighted by atomic mass is 32.2. The van der Waals surface area contributed by atoms with Gasteiger partial charge in [0.05, 0.1) is 22.9 Å². The van der Waals surface area contributed by atoms with Crippen LogP contribution in [0.4, 0.5) is 5.69 Å². The van der Waals surface area contributed by atoms with E-state index in [9.17, 15) is 9.59 Å². The second-order valence-corrected chi connectivity index (χ2v) is 9.29. The molecule has 35 heavy (non-hydrogen) atoms. The molecule has 0 bridgehead atoms. The van der Waals surface area contributed by atoms with Gasteiger partial charge in [0.15, 0.2) is 0 Å². The first kappa shape index (κ1) is 24.3. The minimum atomic E-state index is -0.119. The number of aryl methyl sites for hydroxylation is 1. The number of aromatic nitrogens is 2. The minimum absolute atomic E-state index is 0.0372. The maximum Gasteiger partial charge on any atom is 0.234 e. The second kappa shape index (κ2) is 11.5. The van der Waals surface area contributed by atoms with Gasteiger partial charge in [-0.25, -0.2) is 4.68 Å². The van der Waals surface area contributed by atoms with Gasteiger partial charge in [-0.1, -0.05) is 60.7 Å². The highest BCUT2D eigenvalue weighted by Crippen LogP contribution is 2.25. The molecule has 0 atom stereocenters. The summed E-state index contributed by atoms with van der Waals surface area (Å²) in [4.78, 5) is 26.7. The maximum absolute atomic E-state index is 12.8. The van der Waals surface area contributed by atoms with E-state index in [-0.39, 0.29) is 23.3 Å². The Bertz CT molecular complexity index is 1290. The van der Waals surface area contributed by atoms with Crippen LogP contribution in [-0.2, 0) is 16.1 Å². The topological polar surface area (TPSA) is 67.2 Å². The lowest BCUT2D eigenvalue weighted by Gasteiger charge is -2.17. The van der Waals surface area contributed by atoms with E-state index in [1.54, 1.807) is 11.9 Å². The number of amides is 2. The molecular weight excluding hydrogens is 456 g/mol. The van der Waals surface area contributed by atoms with E-state index >= 15 is 0 Å². The van der Waals surface area contributed by atoms with Gasteiger partial charge in [0.25, 0.3) is 0 Å². The molecule has 3 aromatic carbocycles. The zero-order valence-electron chi connectivity index (χ0n) is 19.8. The lowest BCUT2D eigenvalue weighted by molar-refractivity contribution is -0.127. The largest absolute Gasteiger partial charge is 0.341 e. The molecule has 6 nitrogen and oxygen atoms in total. The number of para-hydroxylation sites is 1. The summed E-state index contributed by atoms with van der Waals surface area (Å²) in [6, 6.07) is 27.5. The Hall–Kier alpha value is -3.84. The SMILES string of the molecule is Cc1cccc(NC(=O)CSCC(=O)N(C)Cc2cn(-c3ccccc3)nc2-c2ccccc2)c1. The van der Waals surface area contributed by atoms with Gasteiger partial charge < -0.3 is 10.2 Å². The molecule has 1 N–H and O–H groups in total. The van der Waals surface area contributed by atoms with E-state index in [0.717, 1.165) is 33.8 Å². The average molecular weight is 485 g/mol. The van der Waals surface area contributed by atoms with Crippen LogP contribution < -0.4 is 5.32 Å². The summed E-state index contributed by atoms with van der Waals surface area (Å²) in [5.74, 6) is 0.288. The van der Waals surface area contributed by atoms with Gasteiger partial charge in [-0.2, -0.15) is 5.10 Å². The van der Waals surface area contributed by atoms with Crippen LogP contribution in [0.3, 0.4) is 0 Å². The number of carbonyl (C=O) groups is 2. The number of benzene rings is 3. The highest BCUT2D eigenvalue weighted by Gasteiger charge is 2.17. The first-order valence-corrected chi connectivity index (χ1v) is 12.5. The van der Waals surface area contributed by atoms with Crippen LogP contribution in [0.5, 0.6) is 0 Å². The minimum Gasteiger partial charge on any atom is -0.341 e. The van der Waals surface area contributed by atoms with Crippen molar-refractivity contribution in [1.82, 2.24) is 14.7 Å². The van der Waals surface area contributed by atoms with E-state index in [1.807, 2.05) is 103 Å². The maximum atomic E-state index is 12.8. The first-order chi connectivity index (χ1) is 17.0. The number of hydrogen-bond acceptors (Lipinski definition) is 4. The Morgan fingerprint density at radius 2 is 1.66 bits per heavy atom. The van der Waals surface area contributed by atoms with Gasteiger partial charge in [-0.15, -0.1) is 11.8 Å². The summed E-state index contributed by atoms with van der Waals surface area (Å²) in [6.07, 6.45) is 1.98. The molecule has 0 fully saturated rings. The van der Waals surface area contributed by atoms with E-state index < -0.39 is 0 Å². The van der Waals surface area contributed by atoms with Crippen molar-refractivity contribution >= 4 is 29.3 Å². The number of carbonyl (C=O) groups excluding carboxylic acids is 2. The quantitative estimate of drug-likeness (QED) is 0.356. The number of thioether (sulfide) groups is 1. The molecule has 0 saturated carbocycles. The van der Waals surface area contributed by atoms with Crippen molar-refractivity contribution in [1.29, 1.82) is 0 Å². The molecule has 2 amide bonds. The molecule has 0 aliphatic rings. The monoisotopic (exact) mass is 484 g/mol. The number of anilines is 1. The van der Waals surface area contributed by atoms with Crippen LogP contribution in [0.25, 0.3) is 16.9 Å². The Balaban J connectivity index is 1.38. The molecule has 0 saturated heterocycles. The third-order valence-corrected chi connectivity index (χ3v) is 6.37. The third-order valence-electron chi connectivity index (χ3n) is 5.45. The lowest BCUT2D eigenvalue weighted by Crippen LogP contribution is -2.28. The Kier molecular flexibility index (Phi) is 8.00. The van der Waals surface area contributed by atoms with Gasteiger partial charge in [0.2, 0.25) is 11.8 Å². The van der Waals surface area contributed by atoms with Gasteiger partial charge in [-0.3, -0.25) is 9.59 Å². The van der Waals surface area contributed by atoms with E-state index in [4.69, 9.17) is 5.10 Å². The van der Waals surface area contributed by atoms with Crippen LogP contribution in [0.2, 0.25) is 0 Å². The number of rotatable bonds is 9. The first-order valence-electron chi connectivity index (χ1n) is 11.4. The van der Waals surface area contributed by atoms with Crippen molar-refractivity contribution in [2.75, 3.05) is 23.9 Å². The smallest absolute Gasteiger partial charge is 0.234 e. The fraction of sp³-hybridized carbons (Fsp3) is 0.179. The Morgan fingerprint density at radius 1 is 0.943 bits per heavy atom. The highest BCUT2D eigenvalue weighted by molar-refractivity contribution is 8.00. The standard InChI is InChI=1S/C28H28N4O2S/c1-21-10-9-13-24(16-21)29-26(33)19-35-20-27(34)31(2)17-23-18-32(25-14-7-4-8-15-25)30-28(23)22-11-5-3-6-12-22/h3-16,18H,17,19-20H2,1-2H3,(H,29,33). The number of nitrogens with zero attached hydrogens (tertiary/aromatic N) is 3. The van der Waals surface area contributed by atoms with E-state index in [1.165, 1.54) is 11.8 Å². The number of hydrogen-bond donors (Lipinski definition) is 1. The molecule has 4 aromatic rings. The molecule has 0 aliphatic heterocycles. The molecule has 7 heteroatoms. The second-order valence-electron chi connectivity index (χ2n) is 8.31. The lowest BCUT2D eigenvalue weighted by atomic mass is 10.1. The molecule has 0 radical (unpaired) electrons. The molecule has 0 aliphatic carbocycles. The van der Waals surface area contributed by atoms with Crippen LogP contribution in [-0.4, -0.2) is 45.0 Å². The Morgan fingerprint density at radius 3 is 2.37 bits per heavy atom. The van der Waals surface area contributed by atoms with Crippen molar-refractivity contribution < 1.29 is 9.59 Å². The van der Waals surface area contributed by atoms with Crippen LogP contribution >= 0.6 is 11.8 Å². The van der Waals surface area contributed by atoms with Crippen LogP contribution in [0.15, 0.2) is 91.1 Å². The molecular formula is C28H28N4O2S. The van der Waals surface area contributed by atoms with Crippen molar-refractivity contribution in [3.8, 4) is 16.9 Å². The van der Waals surface area contributed by atoms with Crippen molar-refractivity contribution in [3.63, 3.8) is 0 Å². The van der Waals surface area contributed by atoms with Crippen LogP contribution in [0.1, 0.15) is 11.1 Å². The summed E-state index contributed by atoms with van der Waals surface area (Å²) < 4.78 is 1.85. The predicted molar refractivity (Wildman–Crippen MR) is 143 cm³/mol. The summed E-state index contributed by atoms with van der Waals surface area (Å²) in [7, 11) is 1.78. The average Bonchev–Trinajstić information content (AvgIpc) is 3.29. The summed E-state index contributed by atoms with van der Waals surface area (Å²) in [5.41, 5.74) is 5.61. The fourth-order valence-corrected chi connectivity index (χ4v) is 4.44. The van der Waals surface area contributed by atoms with Crippen molar-refractivity contribution in [2.24, 2.45) is 0 Å². The fourth-order valence-electron chi connectivity index (χ4n) is 3.68. The van der Waals surface area contributed by atoms with Gasteiger partial charge in [0.1, 0.15) is 0 Å².